The summed E-state index contributed by atoms with van der Waals surface area (Å²) in [6.45, 7) is 3.31. The van der Waals surface area contributed by atoms with Gasteiger partial charge in [-0.2, -0.15) is 0 Å². The lowest BCUT2D eigenvalue weighted by atomic mass is 9.73. The number of nitrogens with two attached hydrogens (primary N) is 2. The fraction of sp³-hybridized carbons (Fsp3) is 0.375. The van der Waals surface area contributed by atoms with E-state index < -0.39 is 0 Å². The molecule has 5 rings (SSSR count). The minimum Gasteiger partial charge on any atom is -0.510 e. The van der Waals surface area contributed by atoms with E-state index >= 15 is 0 Å². The Morgan fingerprint density at radius 1 is 1.29 bits per heavy atom. The van der Waals surface area contributed by atoms with Gasteiger partial charge in [0.25, 0.3) is 0 Å². The number of fused-ring (bicyclic) bond motifs is 1. The lowest BCUT2D eigenvalue weighted by molar-refractivity contribution is 0.124. The number of benzene rings is 1. The van der Waals surface area contributed by atoms with Gasteiger partial charge in [0.15, 0.2) is 5.84 Å². The summed E-state index contributed by atoms with van der Waals surface area (Å²) in [5.41, 5.74) is 14.4. The Bertz CT molecular complexity index is 1240. The number of aliphatic imine (C=N–C) groups is 1. The molecule has 7 nitrogen and oxygen atoms in total. The molecule has 0 radical (unpaired) electrons. The molecule has 6 N–H and O–H groups in total. The summed E-state index contributed by atoms with van der Waals surface area (Å²) in [5.74, 6) is 0.360. The predicted octanol–water partition coefficient (Wildman–Crippen LogP) is 4.68. The third-order valence-corrected chi connectivity index (χ3v) is 8.97. The monoisotopic (exact) mass is 500 g/mol. The molecule has 1 unspecified atom stereocenters. The Morgan fingerprint density at radius 2 is 2.03 bits per heavy atom. The molecule has 3 aliphatic rings. The van der Waals surface area contributed by atoms with Crippen LogP contribution in [0, 0.1) is 22.6 Å². The number of rotatable bonds is 2. The van der Waals surface area contributed by atoms with Crippen molar-refractivity contribution in [2.75, 3.05) is 18.8 Å². The lowest BCUT2D eigenvalue weighted by Gasteiger charge is -2.44. The molecule has 34 heavy (non-hydrogen) atoms. The fourth-order valence-corrected chi connectivity index (χ4v) is 6.49. The first kappa shape index (κ1) is 23.1. The van der Waals surface area contributed by atoms with Crippen LogP contribution in [0.5, 0.6) is 0 Å². The summed E-state index contributed by atoms with van der Waals surface area (Å²) in [6.07, 6.45) is 3.98. The molecule has 178 valence electrons. The number of nitrogen functional groups attached to an aromatic ring is 1. The quantitative estimate of drug-likeness (QED) is 0.474. The van der Waals surface area contributed by atoms with E-state index in [2.05, 4.69) is 14.9 Å². The predicted molar refractivity (Wildman–Crippen MR) is 134 cm³/mol. The summed E-state index contributed by atoms with van der Waals surface area (Å²) in [6, 6.07) is 6.48. The molecule has 2 atom stereocenters. The third kappa shape index (κ3) is 3.76. The first-order valence-corrected chi connectivity index (χ1v) is 12.4. The van der Waals surface area contributed by atoms with Gasteiger partial charge >= 0.3 is 0 Å². The van der Waals surface area contributed by atoms with Crippen LogP contribution in [0.25, 0.3) is 0 Å². The Morgan fingerprint density at radius 3 is 2.76 bits per heavy atom. The maximum absolute atomic E-state index is 13.7. The van der Waals surface area contributed by atoms with Gasteiger partial charge in [-0.3, -0.25) is 5.41 Å². The molecule has 0 amide bonds. The number of piperidine rings is 1. The molecule has 3 heterocycles. The third-order valence-electron chi connectivity index (χ3n) is 7.29. The molecule has 1 fully saturated rings. The molecule has 2 aliphatic heterocycles. The minimum absolute atomic E-state index is 0.0113. The number of amidine groups is 2. The van der Waals surface area contributed by atoms with E-state index in [4.69, 9.17) is 28.5 Å². The summed E-state index contributed by atoms with van der Waals surface area (Å²) in [4.78, 5) is 11.6. The van der Waals surface area contributed by atoms with E-state index in [0.717, 1.165) is 42.2 Å². The highest BCUT2D eigenvalue weighted by Crippen LogP contribution is 2.51. The molecule has 0 saturated carbocycles. The van der Waals surface area contributed by atoms with Gasteiger partial charge < -0.3 is 21.5 Å². The molecular weight excluding hydrogens is 475 g/mol. The summed E-state index contributed by atoms with van der Waals surface area (Å²) >= 11 is 7.41. The number of hydrogen-bond acceptors (Lipinski definition) is 7. The number of aromatic nitrogens is 1. The van der Waals surface area contributed by atoms with Gasteiger partial charge in [0, 0.05) is 30.2 Å². The van der Waals surface area contributed by atoms with Gasteiger partial charge in [0.05, 0.1) is 15.8 Å². The Hall–Kier alpha value is -2.62. The zero-order valence-electron chi connectivity index (χ0n) is 18.7. The molecule has 0 bridgehead atoms. The van der Waals surface area contributed by atoms with Crippen LogP contribution in [0.2, 0.25) is 5.02 Å². The number of dihydropyridines is 1. The average molecular weight is 501 g/mol. The molecule has 1 aliphatic carbocycles. The number of nitrogens with zero attached hydrogens (tertiary/aromatic N) is 3. The van der Waals surface area contributed by atoms with Crippen LogP contribution in [0.15, 0.2) is 51.0 Å². The van der Waals surface area contributed by atoms with Crippen LogP contribution in [0.4, 0.5) is 10.2 Å². The number of halogens is 2. The topological polar surface area (TPSA) is 125 Å². The standard InChI is InChI=1S/C24H26ClFN6OS/c1-12-18(33)19(34-16-4-7-30-21(28)17(16)25)22(29)31-23(12)32-8-5-24(6-9-32)11-13-10-14(26)2-3-15(13)20(24)27/h2-4,7,10,12,20,29,33H,5-6,8-9,11,27H2,1H3,(H2,28,30)/t12-,20?/m1/s1. The van der Waals surface area contributed by atoms with Crippen molar-refractivity contribution in [1.29, 1.82) is 5.41 Å². The fourth-order valence-electron chi connectivity index (χ4n) is 5.30. The zero-order chi connectivity index (χ0) is 24.2. The molecule has 2 aromatic rings. The van der Waals surface area contributed by atoms with Gasteiger partial charge in [-0.1, -0.05) is 29.4 Å². The van der Waals surface area contributed by atoms with Crippen molar-refractivity contribution in [2.45, 2.75) is 37.1 Å². The first-order chi connectivity index (χ1) is 16.2. The molecule has 1 aromatic heterocycles. The highest BCUT2D eigenvalue weighted by atomic mass is 35.5. The van der Waals surface area contributed by atoms with Crippen LogP contribution in [-0.2, 0) is 6.42 Å². The summed E-state index contributed by atoms with van der Waals surface area (Å²) < 4.78 is 13.7. The number of nitrogens with one attached hydrogen (secondary N) is 1. The van der Waals surface area contributed by atoms with Crippen LogP contribution in [0.3, 0.4) is 0 Å². The number of thioether (sulfide) groups is 1. The average Bonchev–Trinajstić information content (AvgIpc) is 3.07. The number of likely N-dealkylation sites (tertiary alicyclic amines) is 1. The number of aliphatic hydroxyl groups is 1. The van der Waals surface area contributed by atoms with E-state index in [1.54, 1.807) is 12.1 Å². The van der Waals surface area contributed by atoms with Gasteiger partial charge in [0.1, 0.15) is 23.2 Å². The second-order valence-electron chi connectivity index (χ2n) is 9.21. The highest BCUT2D eigenvalue weighted by Gasteiger charge is 2.47. The van der Waals surface area contributed by atoms with Crippen LogP contribution < -0.4 is 11.5 Å². The van der Waals surface area contributed by atoms with Crippen molar-refractivity contribution in [3.63, 3.8) is 0 Å². The van der Waals surface area contributed by atoms with Crippen LogP contribution in [-0.4, -0.2) is 39.8 Å². The van der Waals surface area contributed by atoms with E-state index in [1.165, 1.54) is 12.3 Å². The van der Waals surface area contributed by atoms with Crippen molar-refractivity contribution in [3.05, 3.63) is 63.1 Å². The van der Waals surface area contributed by atoms with Crippen molar-refractivity contribution < 1.29 is 9.50 Å². The van der Waals surface area contributed by atoms with E-state index in [9.17, 15) is 9.50 Å². The number of hydrogen-bond donors (Lipinski definition) is 4. The summed E-state index contributed by atoms with van der Waals surface area (Å²) in [5, 5.41) is 19.8. The Labute approximate surface area is 206 Å². The summed E-state index contributed by atoms with van der Waals surface area (Å²) in [7, 11) is 0. The second kappa shape index (κ2) is 8.55. The van der Waals surface area contributed by atoms with Gasteiger partial charge in [0.2, 0.25) is 0 Å². The van der Waals surface area contributed by atoms with Gasteiger partial charge in [-0.05, 0) is 60.9 Å². The van der Waals surface area contributed by atoms with E-state index in [1.807, 2.05) is 13.0 Å². The molecular formula is C24H26ClFN6OS. The smallest absolute Gasteiger partial charge is 0.164 e. The number of aliphatic hydroxyl groups excluding tert-OH is 1. The van der Waals surface area contributed by atoms with Crippen LogP contribution >= 0.6 is 23.4 Å². The Kier molecular flexibility index (Phi) is 5.82. The minimum atomic E-state index is -0.368. The van der Waals surface area contributed by atoms with E-state index in [0.29, 0.717) is 28.7 Å². The second-order valence-corrected chi connectivity index (χ2v) is 10.6. The number of anilines is 1. The normalized spacial score (nSPS) is 23.9. The van der Waals surface area contributed by atoms with E-state index in [-0.39, 0.29) is 45.6 Å². The van der Waals surface area contributed by atoms with Crippen molar-refractivity contribution in [1.82, 2.24) is 9.88 Å². The SMILES string of the molecule is C[C@H]1C(N2CCC3(CC2)Cc2cc(F)ccc2C3N)=NC(=N)C(Sc2ccnc(N)c2Cl)=C1O. The highest BCUT2D eigenvalue weighted by molar-refractivity contribution is 8.04. The van der Waals surface area contributed by atoms with Crippen molar-refractivity contribution in [2.24, 2.45) is 22.1 Å². The largest absolute Gasteiger partial charge is 0.510 e. The molecule has 1 saturated heterocycles. The van der Waals surface area contributed by atoms with Crippen molar-refractivity contribution >= 4 is 40.9 Å². The molecule has 1 spiro atoms. The Balaban J connectivity index is 1.31. The zero-order valence-corrected chi connectivity index (χ0v) is 20.3. The number of pyridine rings is 1. The maximum Gasteiger partial charge on any atom is 0.164 e. The molecule has 1 aromatic carbocycles. The van der Waals surface area contributed by atoms with Gasteiger partial charge in [-0.25, -0.2) is 14.4 Å². The van der Waals surface area contributed by atoms with Gasteiger partial charge in [-0.15, -0.1) is 0 Å². The first-order valence-electron chi connectivity index (χ1n) is 11.2. The van der Waals surface area contributed by atoms with Crippen LogP contribution in [0.1, 0.15) is 36.9 Å². The van der Waals surface area contributed by atoms with Crippen molar-refractivity contribution in [3.8, 4) is 0 Å². The molecule has 10 heteroatoms. The lowest BCUT2D eigenvalue weighted by Crippen LogP contribution is -2.49. The maximum atomic E-state index is 13.7.